The third-order valence-corrected chi connectivity index (χ3v) is 5.20. The van der Waals surface area contributed by atoms with Crippen molar-refractivity contribution in [1.29, 1.82) is 0 Å². The smallest absolute Gasteiger partial charge is 0.0743 e. The summed E-state index contributed by atoms with van der Waals surface area (Å²) >= 11 is 1.95. The van der Waals surface area contributed by atoms with Crippen LogP contribution in [-0.2, 0) is 11.8 Å². The summed E-state index contributed by atoms with van der Waals surface area (Å²) in [4.78, 5) is 2.30. The van der Waals surface area contributed by atoms with Gasteiger partial charge in [0, 0.05) is 24.1 Å². The molecule has 1 aromatic carbocycles. The molecule has 1 aliphatic heterocycles. The molecule has 0 aromatic heterocycles. The number of hydrogen-bond acceptors (Lipinski definition) is 3. The van der Waals surface area contributed by atoms with Crippen molar-refractivity contribution in [2.75, 3.05) is 25.1 Å². The van der Waals surface area contributed by atoms with Crippen molar-refractivity contribution in [3.05, 3.63) is 35.4 Å². The minimum atomic E-state index is -0.270. The molecule has 0 spiro atoms. The highest BCUT2D eigenvalue weighted by atomic mass is 32.2. The Hall–Kier alpha value is -0.510. The first kappa shape index (κ1) is 15.9. The average molecular weight is 293 g/mol. The van der Waals surface area contributed by atoms with Crippen LogP contribution in [0.15, 0.2) is 24.3 Å². The van der Waals surface area contributed by atoms with Crippen molar-refractivity contribution in [2.45, 2.75) is 44.8 Å². The molecule has 0 aliphatic carbocycles. The molecule has 0 radical (unpaired) electrons. The quantitative estimate of drug-likeness (QED) is 0.927. The second kappa shape index (κ2) is 6.50. The van der Waals surface area contributed by atoms with Gasteiger partial charge in [-0.15, -0.1) is 0 Å². The van der Waals surface area contributed by atoms with E-state index < -0.39 is 0 Å². The van der Waals surface area contributed by atoms with Gasteiger partial charge in [-0.3, -0.25) is 4.90 Å². The maximum absolute atomic E-state index is 10.5. The molecule has 1 fully saturated rings. The standard InChI is InChI=1S/C17H27NOS/c1-17(2,3)14-7-5-13(6-8-14)11-16(19)15-12-20-10-9-18(15)4/h5-8,15-16,19H,9-12H2,1-4H3. The van der Waals surface area contributed by atoms with Crippen LogP contribution >= 0.6 is 11.8 Å². The van der Waals surface area contributed by atoms with Gasteiger partial charge < -0.3 is 5.11 Å². The van der Waals surface area contributed by atoms with Crippen LogP contribution in [0.2, 0.25) is 0 Å². The van der Waals surface area contributed by atoms with Gasteiger partial charge >= 0.3 is 0 Å². The summed E-state index contributed by atoms with van der Waals surface area (Å²) in [6.45, 7) is 7.76. The van der Waals surface area contributed by atoms with Crippen molar-refractivity contribution in [2.24, 2.45) is 0 Å². The van der Waals surface area contributed by atoms with Crippen LogP contribution in [0, 0.1) is 0 Å². The Morgan fingerprint density at radius 3 is 2.50 bits per heavy atom. The Morgan fingerprint density at radius 1 is 1.30 bits per heavy atom. The van der Waals surface area contributed by atoms with Gasteiger partial charge in [-0.2, -0.15) is 11.8 Å². The molecule has 1 N–H and O–H groups in total. The third kappa shape index (κ3) is 4.00. The summed E-state index contributed by atoms with van der Waals surface area (Å²) in [5, 5.41) is 10.5. The van der Waals surface area contributed by atoms with E-state index in [1.807, 2.05) is 11.8 Å². The zero-order chi connectivity index (χ0) is 14.8. The molecule has 2 nitrogen and oxygen atoms in total. The van der Waals surface area contributed by atoms with Crippen LogP contribution in [0.3, 0.4) is 0 Å². The van der Waals surface area contributed by atoms with Crippen molar-refractivity contribution in [3.8, 4) is 0 Å². The molecule has 3 heteroatoms. The Labute approximate surface area is 127 Å². The number of aliphatic hydroxyl groups excluding tert-OH is 1. The normalized spacial score (nSPS) is 22.8. The fourth-order valence-electron chi connectivity index (χ4n) is 2.63. The molecule has 0 saturated carbocycles. The van der Waals surface area contributed by atoms with Gasteiger partial charge in [0.25, 0.3) is 0 Å². The fourth-order valence-corrected chi connectivity index (χ4v) is 3.93. The lowest BCUT2D eigenvalue weighted by Crippen LogP contribution is -2.47. The SMILES string of the molecule is CN1CCSCC1C(O)Cc1ccc(C(C)(C)C)cc1. The third-order valence-electron chi connectivity index (χ3n) is 4.15. The summed E-state index contributed by atoms with van der Waals surface area (Å²) in [6, 6.07) is 9.01. The van der Waals surface area contributed by atoms with Gasteiger partial charge in [-0.1, -0.05) is 45.0 Å². The Bertz CT molecular complexity index is 424. The minimum absolute atomic E-state index is 0.192. The Kier molecular flexibility index (Phi) is 5.16. The van der Waals surface area contributed by atoms with Crippen molar-refractivity contribution < 1.29 is 5.11 Å². The average Bonchev–Trinajstić information content (AvgIpc) is 2.38. The Balaban J connectivity index is 1.99. The van der Waals surface area contributed by atoms with E-state index in [1.165, 1.54) is 16.9 Å². The largest absolute Gasteiger partial charge is 0.391 e. The first-order valence-corrected chi connectivity index (χ1v) is 8.59. The number of hydrogen-bond donors (Lipinski definition) is 1. The number of likely N-dealkylation sites (N-methyl/N-ethyl adjacent to an activating group) is 1. The minimum Gasteiger partial charge on any atom is -0.391 e. The molecule has 1 saturated heterocycles. The molecule has 1 aliphatic rings. The summed E-state index contributed by atoms with van der Waals surface area (Å²) < 4.78 is 0. The van der Waals surface area contributed by atoms with Gasteiger partial charge in [-0.05, 0) is 30.0 Å². The summed E-state index contributed by atoms with van der Waals surface area (Å²) in [7, 11) is 2.12. The molecule has 20 heavy (non-hydrogen) atoms. The number of benzene rings is 1. The summed E-state index contributed by atoms with van der Waals surface area (Å²) in [6.07, 6.45) is 0.480. The highest BCUT2D eigenvalue weighted by molar-refractivity contribution is 7.99. The highest BCUT2D eigenvalue weighted by Gasteiger charge is 2.26. The molecular formula is C17H27NOS. The lowest BCUT2D eigenvalue weighted by atomic mass is 9.86. The van der Waals surface area contributed by atoms with E-state index in [-0.39, 0.29) is 17.6 Å². The number of thioether (sulfide) groups is 1. The van der Waals surface area contributed by atoms with Gasteiger partial charge in [0.2, 0.25) is 0 Å². The number of nitrogens with zero attached hydrogens (tertiary/aromatic N) is 1. The lowest BCUT2D eigenvalue weighted by molar-refractivity contribution is 0.0763. The zero-order valence-electron chi connectivity index (χ0n) is 13.1. The highest BCUT2D eigenvalue weighted by Crippen LogP contribution is 2.24. The first-order chi connectivity index (χ1) is 9.38. The van der Waals surface area contributed by atoms with E-state index in [9.17, 15) is 5.11 Å². The van der Waals surface area contributed by atoms with Crippen LogP contribution in [0.4, 0.5) is 0 Å². The topological polar surface area (TPSA) is 23.5 Å². The molecule has 112 valence electrons. The van der Waals surface area contributed by atoms with E-state index in [4.69, 9.17) is 0 Å². The second-order valence-corrected chi connectivity index (χ2v) is 7.99. The molecule has 2 unspecified atom stereocenters. The van der Waals surface area contributed by atoms with E-state index in [0.29, 0.717) is 0 Å². The van der Waals surface area contributed by atoms with Gasteiger partial charge in [0.15, 0.2) is 0 Å². The van der Waals surface area contributed by atoms with Crippen LogP contribution in [0.1, 0.15) is 31.9 Å². The second-order valence-electron chi connectivity index (χ2n) is 6.84. The van der Waals surface area contributed by atoms with Crippen LogP contribution < -0.4 is 0 Å². The fraction of sp³-hybridized carbons (Fsp3) is 0.647. The van der Waals surface area contributed by atoms with E-state index >= 15 is 0 Å². The first-order valence-electron chi connectivity index (χ1n) is 7.43. The molecule has 0 amide bonds. The molecule has 2 atom stereocenters. The molecule has 2 rings (SSSR count). The van der Waals surface area contributed by atoms with Gasteiger partial charge in [-0.25, -0.2) is 0 Å². The zero-order valence-corrected chi connectivity index (χ0v) is 13.9. The predicted octanol–water partition coefficient (Wildman–Crippen LogP) is 2.93. The van der Waals surface area contributed by atoms with Crippen LogP contribution in [-0.4, -0.2) is 47.3 Å². The van der Waals surface area contributed by atoms with Crippen LogP contribution in [0.5, 0.6) is 0 Å². The summed E-state index contributed by atoms with van der Waals surface area (Å²) in [5.41, 5.74) is 2.77. The van der Waals surface area contributed by atoms with Crippen molar-refractivity contribution in [3.63, 3.8) is 0 Å². The van der Waals surface area contributed by atoms with E-state index in [1.54, 1.807) is 0 Å². The lowest BCUT2D eigenvalue weighted by Gasteiger charge is -2.35. The van der Waals surface area contributed by atoms with E-state index in [0.717, 1.165) is 18.7 Å². The maximum atomic E-state index is 10.5. The molecule has 1 aromatic rings. The monoisotopic (exact) mass is 293 g/mol. The van der Waals surface area contributed by atoms with Gasteiger partial charge in [0.05, 0.1) is 6.10 Å². The predicted molar refractivity (Wildman–Crippen MR) is 88.6 cm³/mol. The molecule has 1 heterocycles. The molecule has 0 bridgehead atoms. The van der Waals surface area contributed by atoms with Gasteiger partial charge in [0.1, 0.15) is 0 Å². The number of aliphatic hydroxyl groups is 1. The van der Waals surface area contributed by atoms with Crippen LogP contribution in [0.25, 0.3) is 0 Å². The van der Waals surface area contributed by atoms with Crippen molar-refractivity contribution >= 4 is 11.8 Å². The summed E-state index contributed by atoms with van der Waals surface area (Å²) in [5.74, 6) is 2.22. The van der Waals surface area contributed by atoms with Crippen molar-refractivity contribution in [1.82, 2.24) is 4.90 Å². The molecular weight excluding hydrogens is 266 g/mol. The number of rotatable bonds is 3. The maximum Gasteiger partial charge on any atom is 0.0743 e. The van der Waals surface area contributed by atoms with E-state index in [2.05, 4.69) is 57.0 Å². The Morgan fingerprint density at radius 2 is 1.95 bits per heavy atom.